The number of hydrogen-bond donors (Lipinski definition) is 4. The number of phenolic OH excluding ortho intramolecular Hbond substituents is 4. The zero-order chi connectivity index (χ0) is 29.4. The molecule has 0 heterocycles. The number of aromatic hydroxyl groups is 4. The lowest BCUT2D eigenvalue weighted by Crippen LogP contribution is -2.11. The molecule has 0 fully saturated rings. The molecule has 4 N–H and O–H groups in total. The minimum Gasteiger partial charge on any atom is -0.508 e. The van der Waals surface area contributed by atoms with E-state index in [-0.39, 0.29) is 34.8 Å². The molecule has 0 unspecified atom stereocenters. The summed E-state index contributed by atoms with van der Waals surface area (Å²) in [6, 6.07) is 28.6. The zero-order valence-corrected chi connectivity index (χ0v) is 24.1. The van der Waals surface area contributed by atoms with Crippen molar-refractivity contribution < 1.29 is 20.4 Å². The molecule has 0 amide bonds. The second-order valence-electron chi connectivity index (χ2n) is 11.1. The molecule has 0 aliphatic carbocycles. The summed E-state index contributed by atoms with van der Waals surface area (Å²) >= 11 is 0. The average Bonchev–Trinajstić information content (AvgIpc) is 2.89. The van der Waals surface area contributed by atoms with Crippen molar-refractivity contribution in [3.8, 4) is 23.0 Å². The number of aryl methyl sites for hydroxylation is 5. The molecule has 0 aromatic heterocycles. The third-order valence-corrected chi connectivity index (χ3v) is 8.20. The van der Waals surface area contributed by atoms with Gasteiger partial charge in [0.25, 0.3) is 0 Å². The van der Waals surface area contributed by atoms with Crippen molar-refractivity contribution in [2.24, 2.45) is 0 Å². The molecule has 0 saturated carbocycles. The van der Waals surface area contributed by atoms with Gasteiger partial charge in [-0.05, 0) is 144 Å². The SMILES string of the molecule is Cc1cc(O)ccc1C(c1ccc(C(c2ccc(O)cc2C)c2ccc(O)cc2C)c(C)c1)c1ccc(O)cc1C. The van der Waals surface area contributed by atoms with E-state index in [0.29, 0.717) is 0 Å². The van der Waals surface area contributed by atoms with E-state index in [1.54, 1.807) is 48.5 Å². The minimum atomic E-state index is -0.104. The predicted octanol–water partition coefficient (Wildman–Crippen LogP) is 8.41. The van der Waals surface area contributed by atoms with E-state index < -0.39 is 0 Å². The fraction of sp³-hybridized carbons (Fsp3) is 0.189. The van der Waals surface area contributed by atoms with Crippen LogP contribution < -0.4 is 0 Å². The lowest BCUT2D eigenvalue weighted by molar-refractivity contribution is 0.473. The van der Waals surface area contributed by atoms with Gasteiger partial charge in [0.15, 0.2) is 0 Å². The Labute approximate surface area is 241 Å². The first kappa shape index (κ1) is 27.9. The molecule has 5 aromatic carbocycles. The van der Waals surface area contributed by atoms with Crippen molar-refractivity contribution in [1.29, 1.82) is 0 Å². The topological polar surface area (TPSA) is 80.9 Å². The first-order chi connectivity index (χ1) is 19.5. The summed E-state index contributed by atoms with van der Waals surface area (Å²) in [5, 5.41) is 40.5. The van der Waals surface area contributed by atoms with Gasteiger partial charge in [0.1, 0.15) is 23.0 Å². The Morgan fingerprint density at radius 3 is 0.902 bits per heavy atom. The van der Waals surface area contributed by atoms with Crippen molar-refractivity contribution in [1.82, 2.24) is 0 Å². The van der Waals surface area contributed by atoms with E-state index >= 15 is 0 Å². The van der Waals surface area contributed by atoms with Gasteiger partial charge in [-0.15, -0.1) is 0 Å². The third kappa shape index (κ3) is 5.51. The summed E-state index contributed by atoms with van der Waals surface area (Å²) in [5.74, 6) is 0.722. The normalized spacial score (nSPS) is 11.4. The van der Waals surface area contributed by atoms with Crippen LogP contribution in [0.5, 0.6) is 23.0 Å². The van der Waals surface area contributed by atoms with Crippen molar-refractivity contribution >= 4 is 0 Å². The maximum Gasteiger partial charge on any atom is 0.115 e. The van der Waals surface area contributed by atoms with Gasteiger partial charge < -0.3 is 20.4 Å². The van der Waals surface area contributed by atoms with Gasteiger partial charge in [0, 0.05) is 11.8 Å². The highest BCUT2D eigenvalue weighted by Gasteiger charge is 2.26. The summed E-state index contributed by atoms with van der Waals surface area (Å²) in [5.41, 5.74) is 11.7. The van der Waals surface area contributed by atoms with E-state index in [2.05, 4.69) is 25.1 Å². The fourth-order valence-electron chi connectivity index (χ4n) is 6.17. The van der Waals surface area contributed by atoms with Crippen molar-refractivity contribution in [2.45, 2.75) is 46.5 Å². The van der Waals surface area contributed by atoms with Crippen LogP contribution in [0.1, 0.15) is 73.0 Å². The van der Waals surface area contributed by atoms with Crippen LogP contribution in [0.25, 0.3) is 0 Å². The zero-order valence-electron chi connectivity index (χ0n) is 24.1. The van der Waals surface area contributed by atoms with Crippen LogP contribution in [0, 0.1) is 34.6 Å². The molecule has 0 atom stereocenters. The van der Waals surface area contributed by atoms with Crippen molar-refractivity contribution in [2.75, 3.05) is 0 Å². The molecule has 0 aliphatic rings. The minimum absolute atomic E-state index is 0.102. The van der Waals surface area contributed by atoms with Crippen LogP contribution in [0.15, 0.2) is 91.0 Å². The quantitative estimate of drug-likeness (QED) is 0.162. The van der Waals surface area contributed by atoms with Gasteiger partial charge in [-0.25, -0.2) is 0 Å². The highest BCUT2D eigenvalue weighted by Crippen LogP contribution is 2.42. The molecule has 5 rings (SSSR count). The molecule has 0 saturated heterocycles. The van der Waals surface area contributed by atoms with Gasteiger partial charge in [-0.1, -0.05) is 42.5 Å². The standard InChI is InChI=1S/C37H36O4/c1-21-16-26(36(31-12-7-27(38)17-22(31)2)32-13-8-28(39)18-23(32)3)6-11-33(21)37(34-14-9-29(40)19-24(34)4)35-15-10-30(41)20-25(35)5/h6-20,36-41H,1-5H3. The molecule has 0 bridgehead atoms. The van der Waals surface area contributed by atoms with Crippen LogP contribution in [-0.2, 0) is 0 Å². The third-order valence-electron chi connectivity index (χ3n) is 8.20. The highest BCUT2D eigenvalue weighted by atomic mass is 16.3. The number of rotatable bonds is 6. The van der Waals surface area contributed by atoms with Crippen molar-refractivity contribution in [3.05, 3.63) is 152 Å². The molecular weight excluding hydrogens is 508 g/mol. The van der Waals surface area contributed by atoms with Crippen LogP contribution in [0.2, 0.25) is 0 Å². The van der Waals surface area contributed by atoms with Gasteiger partial charge in [-0.3, -0.25) is 0 Å². The van der Waals surface area contributed by atoms with E-state index in [0.717, 1.165) is 61.2 Å². The van der Waals surface area contributed by atoms with Gasteiger partial charge >= 0.3 is 0 Å². The highest BCUT2D eigenvalue weighted by molar-refractivity contribution is 5.56. The van der Waals surface area contributed by atoms with Crippen molar-refractivity contribution in [3.63, 3.8) is 0 Å². The summed E-state index contributed by atoms with van der Waals surface area (Å²) in [4.78, 5) is 0. The maximum absolute atomic E-state index is 10.1. The fourth-order valence-corrected chi connectivity index (χ4v) is 6.17. The Bertz CT molecular complexity index is 1650. The van der Waals surface area contributed by atoms with Gasteiger partial charge in [0.2, 0.25) is 0 Å². The Morgan fingerprint density at radius 2 is 0.610 bits per heavy atom. The van der Waals surface area contributed by atoms with Crippen LogP contribution in [0.3, 0.4) is 0 Å². The molecule has 41 heavy (non-hydrogen) atoms. The molecule has 4 nitrogen and oxygen atoms in total. The van der Waals surface area contributed by atoms with E-state index in [4.69, 9.17) is 0 Å². The molecular formula is C37H36O4. The Kier molecular flexibility index (Phi) is 7.51. The average molecular weight is 545 g/mol. The lowest BCUT2D eigenvalue weighted by atomic mass is 9.77. The van der Waals surface area contributed by atoms with Gasteiger partial charge in [0.05, 0.1) is 0 Å². The largest absolute Gasteiger partial charge is 0.508 e. The smallest absolute Gasteiger partial charge is 0.115 e. The van der Waals surface area contributed by atoms with Crippen LogP contribution >= 0.6 is 0 Å². The Morgan fingerprint density at radius 1 is 0.341 bits per heavy atom. The summed E-state index contributed by atoms with van der Waals surface area (Å²) < 4.78 is 0. The number of phenols is 4. The second-order valence-corrected chi connectivity index (χ2v) is 11.1. The number of benzene rings is 5. The second kappa shape index (κ2) is 11.1. The summed E-state index contributed by atoms with van der Waals surface area (Å²) in [7, 11) is 0. The molecule has 208 valence electrons. The van der Waals surface area contributed by atoms with E-state index in [1.165, 1.54) is 0 Å². The van der Waals surface area contributed by atoms with Crippen LogP contribution in [-0.4, -0.2) is 20.4 Å². The van der Waals surface area contributed by atoms with Gasteiger partial charge in [-0.2, -0.15) is 0 Å². The lowest BCUT2D eigenvalue weighted by Gasteiger charge is -2.27. The first-order valence-corrected chi connectivity index (χ1v) is 13.8. The molecule has 0 aliphatic heterocycles. The summed E-state index contributed by atoms with van der Waals surface area (Å²) in [6.07, 6.45) is 0. The number of hydrogen-bond acceptors (Lipinski definition) is 4. The molecule has 0 spiro atoms. The molecule has 0 radical (unpaired) electrons. The maximum atomic E-state index is 10.1. The molecule has 5 aromatic rings. The van der Waals surface area contributed by atoms with E-state index in [1.807, 2.05) is 52.0 Å². The van der Waals surface area contributed by atoms with E-state index in [9.17, 15) is 20.4 Å². The predicted molar refractivity (Wildman–Crippen MR) is 164 cm³/mol. The Balaban J connectivity index is 1.71. The first-order valence-electron chi connectivity index (χ1n) is 13.8. The Hall–Kier alpha value is -4.70. The monoisotopic (exact) mass is 544 g/mol. The molecule has 4 heteroatoms. The summed E-state index contributed by atoms with van der Waals surface area (Å²) in [6.45, 7) is 10.2. The van der Waals surface area contributed by atoms with Crippen LogP contribution in [0.4, 0.5) is 0 Å².